The highest BCUT2D eigenvalue weighted by atomic mass is 16.5. The smallest absolute Gasteiger partial charge is 0.355 e. The topological polar surface area (TPSA) is 51.1 Å². The number of benzene rings is 2. The number of methoxy groups -OCH3 is 1. The molecule has 5 heteroatoms. The molecule has 0 N–H and O–H groups in total. The van der Waals surface area contributed by atoms with Crippen molar-refractivity contribution in [3.63, 3.8) is 0 Å². The van der Waals surface area contributed by atoms with Crippen molar-refractivity contribution in [1.82, 2.24) is 0 Å². The lowest BCUT2D eigenvalue weighted by Crippen LogP contribution is -2.41. The summed E-state index contributed by atoms with van der Waals surface area (Å²) >= 11 is 0. The maximum absolute atomic E-state index is 12.6. The first kappa shape index (κ1) is 18.0. The molecule has 1 aliphatic heterocycles. The van der Waals surface area contributed by atoms with Crippen LogP contribution >= 0.6 is 0 Å². The van der Waals surface area contributed by atoms with Gasteiger partial charge in [-0.1, -0.05) is 30.3 Å². The Kier molecular flexibility index (Phi) is 5.56. The molecule has 0 amide bonds. The zero-order valence-corrected chi connectivity index (χ0v) is 15.4. The zero-order chi connectivity index (χ0) is 18.5. The van der Waals surface area contributed by atoms with Crippen LogP contribution in [0.25, 0.3) is 0 Å². The second kappa shape index (κ2) is 8.04. The minimum atomic E-state index is -0.355. The van der Waals surface area contributed by atoms with E-state index in [4.69, 9.17) is 14.6 Å². The second-order valence-corrected chi connectivity index (χ2v) is 6.30. The van der Waals surface area contributed by atoms with Gasteiger partial charge in [-0.2, -0.15) is 5.10 Å². The number of rotatable bonds is 5. The minimum absolute atomic E-state index is 0.0697. The number of ether oxygens (including phenoxy) is 2. The van der Waals surface area contributed by atoms with Crippen LogP contribution in [0.4, 0.5) is 5.69 Å². The van der Waals surface area contributed by atoms with Crippen LogP contribution in [0, 0.1) is 0 Å². The van der Waals surface area contributed by atoms with Crippen LogP contribution in [0.1, 0.15) is 31.7 Å². The Morgan fingerprint density at radius 3 is 2.46 bits per heavy atom. The average Bonchev–Trinajstić information content (AvgIpc) is 2.68. The average molecular weight is 352 g/mol. The highest BCUT2D eigenvalue weighted by Crippen LogP contribution is 2.33. The van der Waals surface area contributed by atoms with Crippen molar-refractivity contribution in [1.29, 1.82) is 0 Å². The first-order valence-corrected chi connectivity index (χ1v) is 8.88. The summed E-state index contributed by atoms with van der Waals surface area (Å²) < 4.78 is 10.5. The third-order valence-electron chi connectivity index (χ3n) is 4.56. The molecule has 0 saturated heterocycles. The molecular formula is C21H24N2O3. The predicted molar refractivity (Wildman–Crippen MR) is 103 cm³/mol. The normalized spacial score (nSPS) is 19.7. The SMILES string of the molecule is CCOC(=O)C1=NN(c2ccc(OC)cc2)[C@H](C)C[C@@H]1c1ccccc1. The summed E-state index contributed by atoms with van der Waals surface area (Å²) in [6.07, 6.45) is 0.785. The lowest BCUT2D eigenvalue weighted by atomic mass is 9.86. The van der Waals surface area contributed by atoms with Gasteiger partial charge < -0.3 is 9.47 Å². The van der Waals surface area contributed by atoms with Crippen LogP contribution in [0.5, 0.6) is 5.75 Å². The fraction of sp³-hybridized carbons (Fsp3) is 0.333. The zero-order valence-electron chi connectivity index (χ0n) is 15.4. The molecule has 0 bridgehead atoms. The molecule has 2 aromatic rings. The van der Waals surface area contributed by atoms with Gasteiger partial charge in [0.25, 0.3) is 0 Å². The lowest BCUT2D eigenvalue weighted by Gasteiger charge is -2.35. The lowest BCUT2D eigenvalue weighted by molar-refractivity contribution is -0.135. The summed E-state index contributed by atoms with van der Waals surface area (Å²) in [5.74, 6) is 0.363. The van der Waals surface area contributed by atoms with Crippen molar-refractivity contribution in [3.05, 3.63) is 60.2 Å². The second-order valence-electron chi connectivity index (χ2n) is 6.30. The molecule has 1 heterocycles. The first-order chi connectivity index (χ1) is 12.6. The van der Waals surface area contributed by atoms with Crippen LogP contribution in [-0.4, -0.2) is 31.4 Å². The van der Waals surface area contributed by atoms with E-state index in [9.17, 15) is 4.79 Å². The largest absolute Gasteiger partial charge is 0.497 e. The van der Waals surface area contributed by atoms with Crippen LogP contribution < -0.4 is 9.75 Å². The minimum Gasteiger partial charge on any atom is -0.497 e. The van der Waals surface area contributed by atoms with Gasteiger partial charge in [0.05, 0.1) is 25.4 Å². The standard InChI is InChI=1S/C21H24N2O3/c1-4-26-21(24)20-19(16-8-6-5-7-9-16)14-15(2)23(22-20)17-10-12-18(25-3)13-11-17/h5-13,15,19H,4,14H2,1-3H3/t15-,19-/m1/s1. The van der Waals surface area contributed by atoms with E-state index in [0.717, 1.165) is 23.4 Å². The van der Waals surface area contributed by atoms with Gasteiger partial charge in [0.15, 0.2) is 5.71 Å². The van der Waals surface area contributed by atoms with Gasteiger partial charge >= 0.3 is 5.97 Å². The molecular weight excluding hydrogens is 328 g/mol. The molecule has 2 atom stereocenters. The van der Waals surface area contributed by atoms with E-state index in [1.165, 1.54) is 0 Å². The molecule has 0 saturated carbocycles. The molecule has 3 rings (SSSR count). The Balaban J connectivity index is 1.99. The number of esters is 1. The van der Waals surface area contributed by atoms with Crippen molar-refractivity contribution >= 4 is 17.4 Å². The van der Waals surface area contributed by atoms with E-state index in [0.29, 0.717) is 12.3 Å². The fourth-order valence-electron chi connectivity index (χ4n) is 3.25. The van der Waals surface area contributed by atoms with Crippen LogP contribution in [-0.2, 0) is 9.53 Å². The van der Waals surface area contributed by atoms with Crippen LogP contribution in [0.2, 0.25) is 0 Å². The van der Waals surface area contributed by atoms with Gasteiger partial charge in [-0.3, -0.25) is 5.01 Å². The van der Waals surface area contributed by atoms with Gasteiger partial charge in [-0.15, -0.1) is 0 Å². The maximum Gasteiger partial charge on any atom is 0.355 e. The Bertz CT molecular complexity index is 772. The molecule has 0 radical (unpaired) electrons. The Hall–Kier alpha value is -2.82. The Morgan fingerprint density at radius 1 is 1.15 bits per heavy atom. The van der Waals surface area contributed by atoms with E-state index in [-0.39, 0.29) is 17.9 Å². The molecule has 0 fully saturated rings. The van der Waals surface area contributed by atoms with Gasteiger partial charge in [0.2, 0.25) is 0 Å². The molecule has 26 heavy (non-hydrogen) atoms. The van der Waals surface area contributed by atoms with E-state index in [2.05, 4.69) is 6.92 Å². The van der Waals surface area contributed by atoms with Crippen molar-refractivity contribution in [2.24, 2.45) is 5.10 Å². The van der Waals surface area contributed by atoms with Crippen molar-refractivity contribution in [3.8, 4) is 5.75 Å². The van der Waals surface area contributed by atoms with E-state index in [1.807, 2.05) is 66.5 Å². The summed E-state index contributed by atoms with van der Waals surface area (Å²) in [5, 5.41) is 6.59. The number of nitrogens with zero attached hydrogens (tertiary/aromatic N) is 2. The number of anilines is 1. The Morgan fingerprint density at radius 2 is 1.85 bits per heavy atom. The summed E-state index contributed by atoms with van der Waals surface area (Å²) in [7, 11) is 1.64. The molecule has 0 aromatic heterocycles. The first-order valence-electron chi connectivity index (χ1n) is 8.88. The molecule has 2 aromatic carbocycles. The third-order valence-corrected chi connectivity index (χ3v) is 4.56. The van der Waals surface area contributed by atoms with E-state index in [1.54, 1.807) is 7.11 Å². The molecule has 1 aliphatic rings. The quantitative estimate of drug-likeness (QED) is 0.763. The monoisotopic (exact) mass is 352 g/mol. The van der Waals surface area contributed by atoms with Crippen molar-refractivity contribution in [2.45, 2.75) is 32.2 Å². The number of hydrazone groups is 1. The van der Waals surface area contributed by atoms with Crippen molar-refractivity contribution < 1.29 is 14.3 Å². The number of carbonyl (C=O) groups is 1. The number of carbonyl (C=O) groups excluding carboxylic acids is 1. The predicted octanol–water partition coefficient (Wildman–Crippen LogP) is 4.00. The van der Waals surface area contributed by atoms with Gasteiger partial charge in [0, 0.05) is 5.92 Å². The van der Waals surface area contributed by atoms with Crippen LogP contribution in [0.3, 0.4) is 0 Å². The summed E-state index contributed by atoms with van der Waals surface area (Å²) in [6.45, 7) is 4.26. The van der Waals surface area contributed by atoms with E-state index >= 15 is 0 Å². The highest BCUT2D eigenvalue weighted by Gasteiger charge is 2.34. The summed E-state index contributed by atoms with van der Waals surface area (Å²) in [5.41, 5.74) is 2.46. The van der Waals surface area contributed by atoms with Gasteiger partial charge in [0.1, 0.15) is 5.75 Å². The molecule has 136 valence electrons. The number of hydrogen-bond acceptors (Lipinski definition) is 5. The molecule has 0 aliphatic carbocycles. The summed E-state index contributed by atoms with van der Waals surface area (Å²) in [4.78, 5) is 12.6. The highest BCUT2D eigenvalue weighted by molar-refractivity contribution is 6.39. The molecule has 0 spiro atoms. The molecule has 5 nitrogen and oxygen atoms in total. The molecule has 0 unspecified atom stereocenters. The van der Waals surface area contributed by atoms with Gasteiger partial charge in [-0.05, 0) is 50.1 Å². The Labute approximate surface area is 154 Å². The van der Waals surface area contributed by atoms with Crippen molar-refractivity contribution in [2.75, 3.05) is 18.7 Å². The summed E-state index contributed by atoms with van der Waals surface area (Å²) in [6, 6.07) is 17.8. The van der Waals surface area contributed by atoms with Gasteiger partial charge in [-0.25, -0.2) is 4.79 Å². The number of hydrogen-bond donors (Lipinski definition) is 0. The van der Waals surface area contributed by atoms with Crippen LogP contribution in [0.15, 0.2) is 59.7 Å². The maximum atomic E-state index is 12.6. The van der Waals surface area contributed by atoms with E-state index < -0.39 is 0 Å². The fourth-order valence-corrected chi connectivity index (χ4v) is 3.25. The third kappa shape index (κ3) is 3.72.